The topological polar surface area (TPSA) is 68.7 Å². The van der Waals surface area contributed by atoms with Crippen LogP contribution in [0.25, 0.3) is 17.2 Å². The van der Waals surface area contributed by atoms with Crippen LogP contribution in [-0.2, 0) is 25.2 Å². The van der Waals surface area contributed by atoms with Crippen molar-refractivity contribution >= 4 is 23.8 Å². The molecule has 0 aliphatic carbocycles. The molecule has 158 valence electrons. The van der Waals surface area contributed by atoms with Crippen LogP contribution >= 0.6 is 0 Å². The molecule has 0 atom stereocenters. The van der Waals surface area contributed by atoms with Gasteiger partial charge in [-0.2, -0.15) is 13.2 Å². The molecule has 0 radical (unpaired) electrons. The van der Waals surface area contributed by atoms with E-state index in [-0.39, 0.29) is 11.1 Å². The highest BCUT2D eigenvalue weighted by Crippen LogP contribution is 2.36. The zero-order valence-electron chi connectivity index (χ0n) is 16.7. The second kappa shape index (κ2) is 7.47. The summed E-state index contributed by atoms with van der Waals surface area (Å²) in [6.07, 6.45) is -2.49. The van der Waals surface area contributed by atoms with Crippen LogP contribution in [0.15, 0.2) is 42.1 Å². The first-order valence-corrected chi connectivity index (χ1v) is 8.91. The molecule has 0 amide bonds. The molecule has 1 fully saturated rings. The number of ether oxygens (including phenoxy) is 2. The number of alkyl halides is 3. The Morgan fingerprint density at radius 1 is 1.07 bits per heavy atom. The first kappa shape index (κ1) is 21.4. The molecule has 0 N–H and O–H groups in total. The van der Waals surface area contributed by atoms with Crippen LogP contribution in [0.3, 0.4) is 0 Å². The predicted octanol–water partition coefficient (Wildman–Crippen LogP) is 4.05. The lowest BCUT2D eigenvalue weighted by Crippen LogP contribution is -2.41. The van der Waals surface area contributed by atoms with Crippen molar-refractivity contribution in [3.05, 3.63) is 53.2 Å². The monoisotopic (exact) mass is 420 g/mol. The Balaban J connectivity index is 2.06. The number of cyclic esters (lactones) is 2. The standard InChI is InChI=1S/C21H19F3N2O4/c1-20(2)29-18(27)16(19(28)30-20)9-12-6-5-7-13(8-12)15-10-14(21(22,23)24)11-25-17(15)26(3)4/h5-11H,1-4H3. The molecule has 1 aromatic carbocycles. The number of nitrogens with zero attached hydrogens (tertiary/aromatic N) is 2. The first-order chi connectivity index (χ1) is 13.9. The molecular weight excluding hydrogens is 401 g/mol. The summed E-state index contributed by atoms with van der Waals surface area (Å²) in [4.78, 5) is 29.8. The van der Waals surface area contributed by atoms with Gasteiger partial charge in [-0.1, -0.05) is 18.2 Å². The Morgan fingerprint density at radius 2 is 1.70 bits per heavy atom. The van der Waals surface area contributed by atoms with Gasteiger partial charge in [-0.3, -0.25) is 0 Å². The number of anilines is 1. The van der Waals surface area contributed by atoms with Gasteiger partial charge < -0.3 is 14.4 Å². The average molecular weight is 420 g/mol. The Hall–Kier alpha value is -3.36. The fourth-order valence-corrected chi connectivity index (χ4v) is 2.92. The van der Waals surface area contributed by atoms with Crippen LogP contribution in [0, 0.1) is 0 Å². The molecule has 0 saturated carbocycles. The van der Waals surface area contributed by atoms with Crippen LogP contribution in [0.5, 0.6) is 0 Å². The number of hydrogen-bond donors (Lipinski definition) is 0. The van der Waals surface area contributed by atoms with Gasteiger partial charge in [-0.25, -0.2) is 14.6 Å². The lowest BCUT2D eigenvalue weighted by Gasteiger charge is -2.29. The summed E-state index contributed by atoms with van der Waals surface area (Å²) < 4.78 is 49.7. The summed E-state index contributed by atoms with van der Waals surface area (Å²) in [5, 5.41) is 0. The van der Waals surface area contributed by atoms with Gasteiger partial charge in [0.15, 0.2) is 0 Å². The quantitative estimate of drug-likeness (QED) is 0.424. The minimum atomic E-state index is -4.55. The Kier molecular flexibility index (Phi) is 5.32. The number of halogens is 3. The number of carbonyl (C=O) groups excluding carboxylic acids is 2. The molecule has 1 aliphatic heterocycles. The van der Waals surface area contributed by atoms with E-state index in [4.69, 9.17) is 9.47 Å². The van der Waals surface area contributed by atoms with Crippen molar-refractivity contribution in [3.63, 3.8) is 0 Å². The maximum atomic E-state index is 13.2. The van der Waals surface area contributed by atoms with Crippen molar-refractivity contribution in [2.24, 2.45) is 0 Å². The number of hydrogen-bond acceptors (Lipinski definition) is 6. The van der Waals surface area contributed by atoms with E-state index in [1.807, 2.05) is 0 Å². The van der Waals surface area contributed by atoms with Gasteiger partial charge in [0, 0.05) is 39.7 Å². The Labute approximate surface area is 170 Å². The molecule has 0 bridgehead atoms. The van der Waals surface area contributed by atoms with E-state index in [2.05, 4.69) is 4.98 Å². The summed E-state index contributed by atoms with van der Waals surface area (Å²) >= 11 is 0. The van der Waals surface area contributed by atoms with E-state index in [0.29, 0.717) is 16.9 Å². The fourth-order valence-electron chi connectivity index (χ4n) is 2.92. The molecule has 0 spiro atoms. The molecule has 1 aliphatic rings. The van der Waals surface area contributed by atoms with E-state index in [1.54, 1.807) is 43.3 Å². The van der Waals surface area contributed by atoms with Crippen LogP contribution in [0.2, 0.25) is 0 Å². The molecule has 0 unspecified atom stereocenters. The zero-order valence-corrected chi connectivity index (χ0v) is 16.7. The molecule has 6 nitrogen and oxygen atoms in total. The number of benzene rings is 1. The SMILES string of the molecule is CN(C)c1ncc(C(F)(F)F)cc1-c1cccc(C=C2C(=O)OC(C)(C)OC2=O)c1. The lowest BCUT2D eigenvalue weighted by atomic mass is 10.0. The molecule has 9 heteroatoms. The van der Waals surface area contributed by atoms with Gasteiger partial charge in [0.05, 0.1) is 5.56 Å². The summed E-state index contributed by atoms with van der Waals surface area (Å²) in [5.74, 6) is -2.70. The van der Waals surface area contributed by atoms with Crippen LogP contribution in [-0.4, -0.2) is 36.8 Å². The van der Waals surface area contributed by atoms with E-state index in [0.717, 1.165) is 12.3 Å². The van der Waals surface area contributed by atoms with Crippen molar-refractivity contribution in [1.82, 2.24) is 4.98 Å². The molecule has 30 heavy (non-hydrogen) atoms. The maximum Gasteiger partial charge on any atom is 0.417 e. The minimum Gasteiger partial charge on any atom is -0.419 e. The third-order valence-electron chi connectivity index (χ3n) is 4.24. The van der Waals surface area contributed by atoms with E-state index in [1.165, 1.54) is 19.9 Å². The highest BCUT2D eigenvalue weighted by Gasteiger charge is 2.39. The average Bonchev–Trinajstić information content (AvgIpc) is 2.63. The largest absolute Gasteiger partial charge is 0.419 e. The van der Waals surface area contributed by atoms with Gasteiger partial charge in [0.2, 0.25) is 0 Å². The number of aromatic nitrogens is 1. The molecule has 2 heterocycles. The zero-order chi connectivity index (χ0) is 22.3. The normalized spacial score (nSPS) is 16.0. The van der Waals surface area contributed by atoms with Gasteiger partial charge in [-0.15, -0.1) is 0 Å². The van der Waals surface area contributed by atoms with Crippen LogP contribution in [0.4, 0.5) is 19.0 Å². The van der Waals surface area contributed by atoms with Crippen molar-refractivity contribution in [1.29, 1.82) is 0 Å². The molecule has 3 rings (SSSR count). The smallest absolute Gasteiger partial charge is 0.417 e. The number of esters is 2. The second-order valence-corrected chi connectivity index (χ2v) is 7.35. The highest BCUT2D eigenvalue weighted by atomic mass is 19.4. The lowest BCUT2D eigenvalue weighted by molar-refractivity contribution is -0.222. The summed E-state index contributed by atoms with van der Waals surface area (Å²) in [6.45, 7) is 2.87. The van der Waals surface area contributed by atoms with E-state index >= 15 is 0 Å². The van der Waals surface area contributed by atoms with Crippen LogP contribution in [0.1, 0.15) is 25.0 Å². The number of rotatable bonds is 3. The fraction of sp³-hybridized carbons (Fsp3) is 0.286. The molecule has 1 aromatic heterocycles. The van der Waals surface area contributed by atoms with Gasteiger partial charge in [-0.05, 0) is 29.3 Å². The summed E-state index contributed by atoms with van der Waals surface area (Å²) in [5.41, 5.74) is -0.0808. The summed E-state index contributed by atoms with van der Waals surface area (Å²) in [6, 6.07) is 7.39. The first-order valence-electron chi connectivity index (χ1n) is 8.91. The third-order valence-corrected chi connectivity index (χ3v) is 4.24. The minimum absolute atomic E-state index is 0.255. The van der Waals surface area contributed by atoms with Crippen molar-refractivity contribution < 1.29 is 32.2 Å². The van der Waals surface area contributed by atoms with Crippen molar-refractivity contribution in [3.8, 4) is 11.1 Å². The molecular formula is C21H19F3N2O4. The number of pyridine rings is 1. The van der Waals surface area contributed by atoms with E-state index in [9.17, 15) is 22.8 Å². The van der Waals surface area contributed by atoms with Crippen molar-refractivity contribution in [2.45, 2.75) is 25.8 Å². The van der Waals surface area contributed by atoms with Crippen LogP contribution < -0.4 is 4.90 Å². The maximum absolute atomic E-state index is 13.2. The van der Waals surface area contributed by atoms with Gasteiger partial charge >= 0.3 is 18.1 Å². The predicted molar refractivity (Wildman–Crippen MR) is 103 cm³/mol. The summed E-state index contributed by atoms with van der Waals surface area (Å²) in [7, 11) is 3.33. The Morgan fingerprint density at radius 3 is 2.27 bits per heavy atom. The van der Waals surface area contributed by atoms with Crippen molar-refractivity contribution in [2.75, 3.05) is 19.0 Å². The Bertz CT molecular complexity index is 1020. The second-order valence-electron chi connectivity index (χ2n) is 7.35. The number of carbonyl (C=O) groups is 2. The highest BCUT2D eigenvalue weighted by molar-refractivity contribution is 6.18. The molecule has 2 aromatic rings. The van der Waals surface area contributed by atoms with Gasteiger partial charge in [0.1, 0.15) is 11.4 Å². The van der Waals surface area contributed by atoms with Gasteiger partial charge in [0.25, 0.3) is 5.79 Å². The molecule has 1 saturated heterocycles. The third kappa shape index (κ3) is 4.45. The van der Waals surface area contributed by atoms with E-state index < -0.39 is 29.5 Å².